The highest BCUT2D eigenvalue weighted by atomic mass is 32.1. The quantitative estimate of drug-likeness (QED) is 0.865. The molecule has 0 aromatic carbocycles. The van der Waals surface area contributed by atoms with Crippen LogP contribution in [0.15, 0.2) is 24.4 Å². The minimum Gasteiger partial charge on any atom is -0.332 e. The summed E-state index contributed by atoms with van der Waals surface area (Å²) in [5.41, 5.74) is 0.802. The fraction of sp³-hybridized carbons (Fsp3) is 0.200. The minimum atomic E-state index is -0.313. The van der Waals surface area contributed by atoms with Crippen LogP contribution in [0.1, 0.15) is 10.7 Å². The van der Waals surface area contributed by atoms with E-state index in [1.54, 1.807) is 6.20 Å². The van der Waals surface area contributed by atoms with Crippen LogP contribution >= 0.6 is 11.3 Å². The third-order valence-electron chi connectivity index (χ3n) is 1.90. The van der Waals surface area contributed by atoms with Gasteiger partial charge in [0.05, 0.1) is 12.2 Å². The molecule has 88 valence electrons. The van der Waals surface area contributed by atoms with Crippen molar-refractivity contribution in [1.82, 2.24) is 20.5 Å². The Morgan fingerprint density at radius 3 is 2.94 bits per heavy atom. The number of amides is 2. The van der Waals surface area contributed by atoms with Crippen molar-refractivity contribution in [3.8, 4) is 0 Å². The predicted octanol–water partition coefficient (Wildman–Crippen LogP) is 1.56. The SMILES string of the molecule is Cc1nnc(NC(=O)NCc2ccccn2)s1. The van der Waals surface area contributed by atoms with Gasteiger partial charge >= 0.3 is 6.03 Å². The van der Waals surface area contributed by atoms with Gasteiger partial charge in [-0.05, 0) is 19.1 Å². The molecule has 7 heteroatoms. The summed E-state index contributed by atoms with van der Waals surface area (Å²) < 4.78 is 0. The number of anilines is 1. The number of carbonyl (C=O) groups excluding carboxylic acids is 1. The highest BCUT2D eigenvalue weighted by Crippen LogP contribution is 2.12. The average Bonchev–Trinajstić information content (AvgIpc) is 2.73. The van der Waals surface area contributed by atoms with Gasteiger partial charge in [0, 0.05) is 6.20 Å². The Morgan fingerprint density at radius 1 is 1.41 bits per heavy atom. The number of urea groups is 1. The maximum atomic E-state index is 11.5. The number of carbonyl (C=O) groups is 1. The van der Waals surface area contributed by atoms with E-state index in [0.717, 1.165) is 10.7 Å². The van der Waals surface area contributed by atoms with E-state index in [2.05, 4.69) is 25.8 Å². The Kier molecular flexibility index (Phi) is 3.61. The fourth-order valence-corrected chi connectivity index (χ4v) is 1.75. The summed E-state index contributed by atoms with van der Waals surface area (Å²) in [6.45, 7) is 2.21. The van der Waals surface area contributed by atoms with E-state index in [1.807, 2.05) is 25.1 Å². The molecule has 0 spiro atoms. The number of aryl methyl sites for hydroxylation is 1. The molecule has 0 bridgehead atoms. The summed E-state index contributed by atoms with van der Waals surface area (Å²) in [7, 11) is 0. The lowest BCUT2D eigenvalue weighted by atomic mass is 10.3. The highest BCUT2D eigenvalue weighted by molar-refractivity contribution is 7.15. The summed E-state index contributed by atoms with van der Waals surface area (Å²) >= 11 is 1.33. The van der Waals surface area contributed by atoms with E-state index in [4.69, 9.17) is 0 Å². The van der Waals surface area contributed by atoms with E-state index in [0.29, 0.717) is 11.7 Å². The molecule has 0 aliphatic carbocycles. The van der Waals surface area contributed by atoms with Gasteiger partial charge < -0.3 is 5.32 Å². The zero-order valence-corrected chi connectivity index (χ0v) is 9.99. The maximum Gasteiger partial charge on any atom is 0.321 e. The monoisotopic (exact) mass is 249 g/mol. The Hall–Kier alpha value is -2.02. The van der Waals surface area contributed by atoms with Gasteiger partial charge in [-0.1, -0.05) is 17.4 Å². The second-order valence-electron chi connectivity index (χ2n) is 3.25. The van der Waals surface area contributed by atoms with Crippen molar-refractivity contribution < 1.29 is 4.79 Å². The average molecular weight is 249 g/mol. The van der Waals surface area contributed by atoms with Crippen LogP contribution < -0.4 is 10.6 Å². The van der Waals surface area contributed by atoms with Gasteiger partial charge in [0.25, 0.3) is 0 Å². The number of nitrogens with zero attached hydrogens (tertiary/aromatic N) is 3. The molecule has 6 nitrogen and oxygen atoms in total. The third kappa shape index (κ3) is 3.49. The first kappa shape index (κ1) is 11.5. The Morgan fingerprint density at radius 2 is 2.29 bits per heavy atom. The van der Waals surface area contributed by atoms with E-state index >= 15 is 0 Å². The van der Waals surface area contributed by atoms with Crippen LogP contribution in [0.5, 0.6) is 0 Å². The molecule has 0 fully saturated rings. The Balaban J connectivity index is 1.82. The van der Waals surface area contributed by atoms with E-state index in [9.17, 15) is 4.79 Å². The lowest BCUT2D eigenvalue weighted by Gasteiger charge is -2.03. The molecule has 17 heavy (non-hydrogen) atoms. The molecule has 0 unspecified atom stereocenters. The van der Waals surface area contributed by atoms with E-state index in [1.165, 1.54) is 11.3 Å². The standard InChI is InChI=1S/C10H11N5OS/c1-7-14-15-10(17-7)13-9(16)12-6-8-4-2-3-5-11-8/h2-5H,6H2,1H3,(H2,12,13,15,16). The smallest absolute Gasteiger partial charge is 0.321 e. The van der Waals surface area contributed by atoms with Crippen LogP contribution in [-0.2, 0) is 6.54 Å². The molecule has 0 radical (unpaired) electrons. The van der Waals surface area contributed by atoms with Crippen molar-refractivity contribution in [3.05, 3.63) is 35.1 Å². The van der Waals surface area contributed by atoms with Gasteiger partial charge in [0.2, 0.25) is 5.13 Å². The molecule has 2 aromatic heterocycles. The van der Waals surface area contributed by atoms with Gasteiger partial charge in [0.1, 0.15) is 5.01 Å². The van der Waals surface area contributed by atoms with Crippen LogP contribution in [0, 0.1) is 6.92 Å². The summed E-state index contributed by atoms with van der Waals surface area (Å²) in [4.78, 5) is 15.6. The molecule has 0 aliphatic heterocycles. The minimum absolute atomic E-state index is 0.313. The number of nitrogens with one attached hydrogen (secondary N) is 2. The number of aromatic nitrogens is 3. The first-order valence-corrected chi connectivity index (χ1v) is 5.80. The molecule has 2 amide bonds. The zero-order valence-electron chi connectivity index (χ0n) is 9.17. The molecular formula is C10H11N5OS. The fourth-order valence-electron chi connectivity index (χ4n) is 1.16. The Bertz CT molecular complexity index is 498. The molecule has 2 aromatic rings. The normalized spacial score (nSPS) is 9.94. The molecule has 0 saturated carbocycles. The summed E-state index contributed by atoms with van der Waals surface area (Å²) in [5.74, 6) is 0. The van der Waals surface area contributed by atoms with E-state index in [-0.39, 0.29) is 6.03 Å². The molecular weight excluding hydrogens is 238 g/mol. The van der Waals surface area contributed by atoms with Gasteiger partial charge in [-0.15, -0.1) is 10.2 Å². The molecule has 2 heterocycles. The zero-order chi connectivity index (χ0) is 12.1. The van der Waals surface area contributed by atoms with Crippen LogP contribution in [0.2, 0.25) is 0 Å². The molecule has 2 N–H and O–H groups in total. The second kappa shape index (κ2) is 5.35. The first-order chi connectivity index (χ1) is 8.24. The summed E-state index contributed by atoms with van der Waals surface area (Å²) in [6, 6.07) is 5.23. The van der Waals surface area contributed by atoms with Gasteiger partial charge in [0.15, 0.2) is 0 Å². The predicted molar refractivity (Wildman–Crippen MR) is 64.7 cm³/mol. The van der Waals surface area contributed by atoms with Crippen LogP contribution in [0.25, 0.3) is 0 Å². The van der Waals surface area contributed by atoms with Crippen LogP contribution in [0.4, 0.5) is 9.93 Å². The number of hydrogen-bond acceptors (Lipinski definition) is 5. The number of pyridine rings is 1. The summed E-state index contributed by atoms with van der Waals surface area (Å²) in [6.07, 6.45) is 1.68. The third-order valence-corrected chi connectivity index (χ3v) is 2.66. The van der Waals surface area contributed by atoms with Gasteiger partial charge in [-0.3, -0.25) is 10.3 Å². The Labute approximate surface area is 102 Å². The van der Waals surface area contributed by atoms with Crippen molar-refractivity contribution in [2.45, 2.75) is 13.5 Å². The highest BCUT2D eigenvalue weighted by Gasteiger charge is 2.05. The lowest BCUT2D eigenvalue weighted by Crippen LogP contribution is -2.28. The van der Waals surface area contributed by atoms with Gasteiger partial charge in [-0.2, -0.15) is 0 Å². The van der Waals surface area contributed by atoms with Crippen LogP contribution in [-0.4, -0.2) is 21.2 Å². The van der Waals surface area contributed by atoms with Crippen molar-refractivity contribution in [3.63, 3.8) is 0 Å². The largest absolute Gasteiger partial charge is 0.332 e. The van der Waals surface area contributed by atoms with E-state index < -0.39 is 0 Å². The number of hydrogen-bond donors (Lipinski definition) is 2. The maximum absolute atomic E-state index is 11.5. The second-order valence-corrected chi connectivity index (χ2v) is 4.44. The molecule has 0 saturated heterocycles. The van der Waals surface area contributed by atoms with Crippen LogP contribution in [0.3, 0.4) is 0 Å². The first-order valence-electron chi connectivity index (χ1n) is 4.99. The van der Waals surface area contributed by atoms with Crippen molar-refractivity contribution in [1.29, 1.82) is 0 Å². The summed E-state index contributed by atoms with van der Waals surface area (Å²) in [5, 5.41) is 14.2. The topological polar surface area (TPSA) is 79.8 Å². The molecule has 2 rings (SSSR count). The van der Waals surface area contributed by atoms with Crippen molar-refractivity contribution >= 4 is 22.5 Å². The van der Waals surface area contributed by atoms with Crippen molar-refractivity contribution in [2.75, 3.05) is 5.32 Å². The molecule has 0 aliphatic rings. The van der Waals surface area contributed by atoms with Crippen molar-refractivity contribution in [2.24, 2.45) is 0 Å². The lowest BCUT2D eigenvalue weighted by molar-refractivity contribution is 0.251. The number of rotatable bonds is 3. The van der Waals surface area contributed by atoms with Gasteiger partial charge in [-0.25, -0.2) is 4.79 Å². The molecule has 0 atom stereocenters.